The molecule has 7 heteroatoms. The number of hydrogen-bond donors (Lipinski definition) is 2. The molecule has 0 saturated heterocycles. The van der Waals surface area contributed by atoms with E-state index in [4.69, 9.17) is 10.5 Å². The van der Waals surface area contributed by atoms with Gasteiger partial charge in [-0.25, -0.2) is 0 Å². The largest absolute Gasteiger partial charge is 0.389 e. The number of carbonyl (C=O) groups is 1. The number of rotatable bonds is 7. The molecule has 3 N–H and O–H groups in total. The highest BCUT2D eigenvalue weighted by molar-refractivity contribution is 5.76. The second-order valence-electron chi connectivity index (χ2n) is 3.41. The molecule has 1 atom stereocenters. The van der Waals surface area contributed by atoms with Crippen molar-refractivity contribution in [3.8, 4) is 0 Å². The molecular formula is C9H17F3N2O2. The lowest BCUT2D eigenvalue weighted by Crippen LogP contribution is -2.39. The number of hydrogen-bond acceptors (Lipinski definition) is 3. The molecule has 0 bridgehead atoms. The summed E-state index contributed by atoms with van der Waals surface area (Å²) >= 11 is 0. The van der Waals surface area contributed by atoms with Crippen molar-refractivity contribution < 1.29 is 22.7 Å². The molecule has 4 nitrogen and oxygen atoms in total. The first kappa shape index (κ1) is 15.2. The molecule has 0 aromatic carbocycles. The van der Waals surface area contributed by atoms with E-state index in [-0.39, 0.29) is 12.6 Å². The molecular weight excluding hydrogens is 225 g/mol. The molecule has 0 aliphatic rings. The summed E-state index contributed by atoms with van der Waals surface area (Å²) in [5.41, 5.74) is 5.29. The Morgan fingerprint density at radius 1 is 1.50 bits per heavy atom. The zero-order valence-corrected chi connectivity index (χ0v) is 9.14. The van der Waals surface area contributed by atoms with Crippen LogP contribution in [0.5, 0.6) is 0 Å². The van der Waals surface area contributed by atoms with Crippen LogP contribution in [0.15, 0.2) is 0 Å². The third-order valence-corrected chi connectivity index (χ3v) is 1.88. The molecule has 1 unspecified atom stereocenters. The van der Waals surface area contributed by atoms with Crippen LogP contribution in [0.25, 0.3) is 0 Å². The van der Waals surface area contributed by atoms with Gasteiger partial charge in [-0.1, -0.05) is 0 Å². The Bertz CT molecular complexity index is 203. The lowest BCUT2D eigenvalue weighted by Gasteiger charge is -2.17. The van der Waals surface area contributed by atoms with Crippen LogP contribution >= 0.6 is 0 Å². The van der Waals surface area contributed by atoms with E-state index in [0.29, 0.717) is 13.0 Å². The summed E-state index contributed by atoms with van der Waals surface area (Å²) in [7, 11) is 1.45. The van der Waals surface area contributed by atoms with Crippen molar-refractivity contribution in [3.05, 3.63) is 0 Å². The molecule has 0 aliphatic carbocycles. The third-order valence-electron chi connectivity index (χ3n) is 1.88. The summed E-state index contributed by atoms with van der Waals surface area (Å²) in [6.07, 6.45) is -5.50. The van der Waals surface area contributed by atoms with Crippen LogP contribution < -0.4 is 11.1 Å². The zero-order valence-electron chi connectivity index (χ0n) is 9.14. The molecule has 0 saturated carbocycles. The molecule has 96 valence electrons. The van der Waals surface area contributed by atoms with Gasteiger partial charge in [-0.3, -0.25) is 4.79 Å². The maximum absolute atomic E-state index is 11.8. The van der Waals surface area contributed by atoms with Gasteiger partial charge in [-0.15, -0.1) is 0 Å². The van der Waals surface area contributed by atoms with Crippen LogP contribution in [0.4, 0.5) is 13.2 Å². The highest BCUT2D eigenvalue weighted by atomic mass is 19.4. The van der Waals surface area contributed by atoms with Crippen molar-refractivity contribution in [3.63, 3.8) is 0 Å². The Labute approximate surface area is 92.3 Å². The quantitative estimate of drug-likeness (QED) is 0.694. The third kappa shape index (κ3) is 8.49. The highest BCUT2D eigenvalue weighted by Crippen LogP contribution is 2.21. The second kappa shape index (κ2) is 7.45. The normalized spacial score (nSPS) is 13.6. The van der Waals surface area contributed by atoms with Crippen LogP contribution in [-0.4, -0.2) is 38.4 Å². The fourth-order valence-electron chi connectivity index (χ4n) is 1.15. The van der Waals surface area contributed by atoms with Gasteiger partial charge in [0.1, 0.15) is 0 Å². The molecule has 1 amide bonds. The van der Waals surface area contributed by atoms with E-state index in [9.17, 15) is 18.0 Å². The van der Waals surface area contributed by atoms with E-state index >= 15 is 0 Å². The topological polar surface area (TPSA) is 64.3 Å². The van der Waals surface area contributed by atoms with Gasteiger partial charge in [-0.05, 0) is 13.0 Å². The molecule has 0 spiro atoms. The molecule has 0 aromatic rings. The van der Waals surface area contributed by atoms with Gasteiger partial charge >= 0.3 is 6.18 Å². The van der Waals surface area contributed by atoms with Gasteiger partial charge in [0.2, 0.25) is 5.91 Å². The first-order valence-corrected chi connectivity index (χ1v) is 4.94. The van der Waals surface area contributed by atoms with Crippen molar-refractivity contribution in [2.75, 3.05) is 20.3 Å². The number of alkyl halides is 3. The Hall–Kier alpha value is -0.820. The van der Waals surface area contributed by atoms with Gasteiger partial charge < -0.3 is 15.8 Å². The summed E-state index contributed by atoms with van der Waals surface area (Å²) < 4.78 is 40.3. The highest BCUT2D eigenvalue weighted by Gasteiger charge is 2.28. The van der Waals surface area contributed by atoms with Gasteiger partial charge in [0.05, 0.1) is 19.1 Å². The summed E-state index contributed by atoms with van der Waals surface area (Å²) in [5.74, 6) is -0.632. The number of methoxy groups -OCH3 is 1. The molecule has 0 aromatic heterocycles. The molecule has 0 radical (unpaired) electrons. The minimum absolute atomic E-state index is 0.245. The lowest BCUT2D eigenvalue weighted by atomic mass is 10.2. The fraction of sp³-hybridized carbons (Fsp3) is 0.889. The Morgan fingerprint density at radius 3 is 2.56 bits per heavy atom. The Kier molecular flexibility index (Phi) is 7.07. The van der Waals surface area contributed by atoms with Crippen LogP contribution in [0.3, 0.4) is 0 Å². The molecule has 16 heavy (non-hydrogen) atoms. The Morgan fingerprint density at radius 2 is 2.12 bits per heavy atom. The van der Waals surface area contributed by atoms with Gasteiger partial charge in [-0.2, -0.15) is 13.2 Å². The van der Waals surface area contributed by atoms with Crippen LogP contribution in [0, 0.1) is 0 Å². The standard InChI is InChI=1S/C9H17F3N2O2/c1-16-6-7(3-5-13)14-8(15)2-4-9(10,11)12/h7H,2-6,13H2,1H3,(H,14,15). The zero-order chi connectivity index (χ0) is 12.6. The summed E-state index contributed by atoms with van der Waals surface area (Å²) in [4.78, 5) is 11.1. The minimum Gasteiger partial charge on any atom is -0.383 e. The van der Waals surface area contributed by atoms with Crippen molar-refractivity contribution in [1.82, 2.24) is 5.32 Å². The van der Waals surface area contributed by atoms with E-state index in [1.165, 1.54) is 7.11 Å². The SMILES string of the molecule is COCC(CCN)NC(=O)CCC(F)(F)F. The molecule has 0 aliphatic heterocycles. The lowest BCUT2D eigenvalue weighted by molar-refractivity contribution is -0.144. The monoisotopic (exact) mass is 242 g/mol. The van der Waals surface area contributed by atoms with E-state index in [2.05, 4.69) is 5.32 Å². The summed E-state index contributed by atoms with van der Waals surface area (Å²) in [6.45, 7) is 0.586. The number of nitrogens with one attached hydrogen (secondary N) is 1. The van der Waals surface area contributed by atoms with Crippen molar-refractivity contribution in [1.29, 1.82) is 0 Å². The predicted molar refractivity (Wildman–Crippen MR) is 52.8 cm³/mol. The maximum atomic E-state index is 11.8. The van der Waals surface area contributed by atoms with Gasteiger partial charge in [0.15, 0.2) is 0 Å². The van der Waals surface area contributed by atoms with E-state index in [0.717, 1.165) is 0 Å². The van der Waals surface area contributed by atoms with Crippen LogP contribution in [0.2, 0.25) is 0 Å². The Balaban J connectivity index is 3.90. The number of nitrogens with two attached hydrogens (primary N) is 1. The second-order valence-corrected chi connectivity index (χ2v) is 3.41. The predicted octanol–water partition coefficient (Wildman–Crippen LogP) is 0.809. The molecule has 0 heterocycles. The smallest absolute Gasteiger partial charge is 0.383 e. The summed E-state index contributed by atoms with van der Waals surface area (Å²) in [5, 5.41) is 2.45. The van der Waals surface area contributed by atoms with Crippen molar-refractivity contribution >= 4 is 5.91 Å². The van der Waals surface area contributed by atoms with Crippen molar-refractivity contribution in [2.45, 2.75) is 31.5 Å². The van der Waals surface area contributed by atoms with Crippen LogP contribution in [0.1, 0.15) is 19.3 Å². The van der Waals surface area contributed by atoms with Crippen molar-refractivity contribution in [2.24, 2.45) is 5.73 Å². The maximum Gasteiger partial charge on any atom is 0.389 e. The number of halogens is 3. The van der Waals surface area contributed by atoms with E-state index in [1.54, 1.807) is 0 Å². The first-order chi connectivity index (χ1) is 7.39. The molecule has 0 rings (SSSR count). The van der Waals surface area contributed by atoms with Gasteiger partial charge in [0, 0.05) is 13.5 Å². The molecule has 0 fully saturated rings. The van der Waals surface area contributed by atoms with Crippen LogP contribution in [-0.2, 0) is 9.53 Å². The average molecular weight is 242 g/mol. The summed E-state index contributed by atoms with van der Waals surface area (Å²) in [6, 6.07) is -0.323. The number of ether oxygens (including phenoxy) is 1. The fourth-order valence-corrected chi connectivity index (χ4v) is 1.15. The average Bonchev–Trinajstić information content (AvgIpc) is 2.14. The number of amides is 1. The number of carbonyl (C=O) groups excluding carboxylic acids is 1. The minimum atomic E-state index is -4.30. The van der Waals surface area contributed by atoms with E-state index < -0.39 is 24.9 Å². The first-order valence-electron chi connectivity index (χ1n) is 4.94. The van der Waals surface area contributed by atoms with Gasteiger partial charge in [0.25, 0.3) is 0 Å². The van der Waals surface area contributed by atoms with E-state index in [1.807, 2.05) is 0 Å².